The summed E-state index contributed by atoms with van der Waals surface area (Å²) >= 11 is 0. The molecule has 2 aliphatic rings. The summed E-state index contributed by atoms with van der Waals surface area (Å²) in [5, 5.41) is 3.53. The van der Waals surface area contributed by atoms with Crippen molar-refractivity contribution in [3.8, 4) is 0 Å². The smallest absolute Gasteiger partial charge is 0.326 e. The molecule has 1 heterocycles. The van der Waals surface area contributed by atoms with Crippen LogP contribution in [0.15, 0.2) is 0 Å². The van der Waals surface area contributed by atoms with E-state index in [0.29, 0.717) is 18.1 Å². The molecule has 3 unspecified atom stereocenters. The maximum atomic E-state index is 12.4. The molecule has 4 heteroatoms. The highest BCUT2D eigenvalue weighted by Gasteiger charge is 2.46. The van der Waals surface area contributed by atoms with E-state index in [-0.39, 0.29) is 5.97 Å². The fourth-order valence-electron chi connectivity index (χ4n) is 4.32. The molecule has 0 spiro atoms. The molecule has 21 heavy (non-hydrogen) atoms. The predicted octanol–water partition coefficient (Wildman–Crippen LogP) is 2.71. The van der Waals surface area contributed by atoms with Crippen molar-refractivity contribution in [3.63, 3.8) is 0 Å². The van der Waals surface area contributed by atoms with Crippen LogP contribution in [0.4, 0.5) is 0 Å². The molecule has 2 rings (SSSR count). The first-order chi connectivity index (χ1) is 9.98. The van der Waals surface area contributed by atoms with Crippen LogP contribution in [-0.2, 0) is 9.53 Å². The lowest BCUT2D eigenvalue weighted by Crippen LogP contribution is -2.61. The molecule has 1 saturated carbocycles. The second kappa shape index (κ2) is 7.10. The Labute approximate surface area is 129 Å². The Bertz CT molecular complexity index is 359. The van der Waals surface area contributed by atoms with Gasteiger partial charge in [-0.25, -0.2) is 0 Å². The summed E-state index contributed by atoms with van der Waals surface area (Å²) in [6.07, 6.45) is 8.03. The zero-order valence-corrected chi connectivity index (χ0v) is 14.2. The van der Waals surface area contributed by atoms with Gasteiger partial charge in [-0.2, -0.15) is 0 Å². The molecule has 0 bridgehead atoms. The van der Waals surface area contributed by atoms with Gasteiger partial charge in [0.1, 0.15) is 5.54 Å². The highest BCUT2D eigenvalue weighted by molar-refractivity contribution is 5.81. The molecule has 1 saturated heterocycles. The summed E-state index contributed by atoms with van der Waals surface area (Å²) in [6, 6.07) is 1.46. The molecule has 3 atom stereocenters. The quantitative estimate of drug-likeness (QED) is 0.810. The summed E-state index contributed by atoms with van der Waals surface area (Å²) in [5.41, 5.74) is -0.483. The number of methoxy groups -OCH3 is 1. The van der Waals surface area contributed by atoms with E-state index < -0.39 is 5.54 Å². The normalized spacial score (nSPS) is 34.9. The Hall–Kier alpha value is -0.610. The fraction of sp³-hybridized carbons (Fsp3) is 0.941. The van der Waals surface area contributed by atoms with Crippen LogP contribution in [-0.4, -0.2) is 48.2 Å². The van der Waals surface area contributed by atoms with Crippen LogP contribution >= 0.6 is 0 Å². The lowest BCUT2D eigenvalue weighted by Gasteiger charge is -2.47. The number of ether oxygens (including phenoxy) is 1. The van der Waals surface area contributed by atoms with E-state index in [2.05, 4.69) is 31.0 Å². The molecular weight excluding hydrogens is 264 g/mol. The largest absolute Gasteiger partial charge is 0.468 e. The van der Waals surface area contributed by atoms with E-state index in [1.165, 1.54) is 39.3 Å². The minimum atomic E-state index is -0.483. The third-order valence-corrected chi connectivity index (χ3v) is 5.19. The van der Waals surface area contributed by atoms with Gasteiger partial charge >= 0.3 is 5.97 Å². The minimum Gasteiger partial charge on any atom is -0.468 e. The third kappa shape index (κ3) is 3.78. The number of esters is 1. The number of likely N-dealkylation sites (tertiary alicyclic amines) is 1. The van der Waals surface area contributed by atoms with Gasteiger partial charge < -0.3 is 4.74 Å². The Balaban J connectivity index is 2.13. The van der Waals surface area contributed by atoms with Crippen LogP contribution in [0.1, 0.15) is 65.7 Å². The molecule has 0 aromatic rings. The SMILES string of the molecule is COC(=O)C1(NC(C)C)CCCC(N2CCCCC2C)C1. The second-order valence-corrected chi connectivity index (χ2v) is 7.21. The Morgan fingerprint density at radius 1 is 1.29 bits per heavy atom. The first kappa shape index (κ1) is 16.8. The number of hydrogen-bond donors (Lipinski definition) is 1. The van der Waals surface area contributed by atoms with Gasteiger partial charge in [0.15, 0.2) is 0 Å². The van der Waals surface area contributed by atoms with Crippen molar-refractivity contribution >= 4 is 5.97 Å². The second-order valence-electron chi connectivity index (χ2n) is 7.21. The average Bonchev–Trinajstić information content (AvgIpc) is 2.46. The molecule has 1 N–H and O–H groups in total. The van der Waals surface area contributed by atoms with Crippen molar-refractivity contribution in [2.45, 2.75) is 89.4 Å². The van der Waals surface area contributed by atoms with Gasteiger partial charge in [-0.3, -0.25) is 15.0 Å². The van der Waals surface area contributed by atoms with Gasteiger partial charge in [-0.1, -0.05) is 6.42 Å². The van der Waals surface area contributed by atoms with E-state index in [4.69, 9.17) is 4.74 Å². The van der Waals surface area contributed by atoms with Crippen LogP contribution in [0.25, 0.3) is 0 Å². The van der Waals surface area contributed by atoms with Gasteiger partial charge in [0.25, 0.3) is 0 Å². The van der Waals surface area contributed by atoms with Crippen molar-refractivity contribution in [2.75, 3.05) is 13.7 Å². The fourth-order valence-corrected chi connectivity index (χ4v) is 4.32. The maximum Gasteiger partial charge on any atom is 0.326 e. The summed E-state index contributed by atoms with van der Waals surface area (Å²) < 4.78 is 5.14. The number of hydrogen-bond acceptors (Lipinski definition) is 4. The molecule has 0 aromatic heterocycles. The zero-order chi connectivity index (χ0) is 15.5. The molecule has 0 amide bonds. The van der Waals surface area contributed by atoms with Crippen molar-refractivity contribution in [1.82, 2.24) is 10.2 Å². The van der Waals surface area contributed by atoms with Crippen LogP contribution in [0.3, 0.4) is 0 Å². The van der Waals surface area contributed by atoms with Gasteiger partial charge in [0.05, 0.1) is 7.11 Å². The van der Waals surface area contributed by atoms with Gasteiger partial charge in [0.2, 0.25) is 0 Å². The molecular formula is C17H32N2O2. The molecule has 0 radical (unpaired) electrons. The monoisotopic (exact) mass is 296 g/mol. The van der Waals surface area contributed by atoms with E-state index in [1.807, 2.05) is 0 Å². The summed E-state index contributed by atoms with van der Waals surface area (Å²) in [4.78, 5) is 15.1. The minimum absolute atomic E-state index is 0.0782. The van der Waals surface area contributed by atoms with E-state index in [9.17, 15) is 4.79 Å². The first-order valence-electron chi connectivity index (χ1n) is 8.60. The molecule has 122 valence electrons. The molecule has 1 aliphatic heterocycles. The summed E-state index contributed by atoms with van der Waals surface area (Å²) in [7, 11) is 1.51. The zero-order valence-electron chi connectivity index (χ0n) is 14.2. The number of carbonyl (C=O) groups excluding carboxylic acids is 1. The van der Waals surface area contributed by atoms with Crippen molar-refractivity contribution in [3.05, 3.63) is 0 Å². The molecule has 0 aromatic carbocycles. The van der Waals surface area contributed by atoms with Gasteiger partial charge in [0, 0.05) is 18.1 Å². The van der Waals surface area contributed by atoms with E-state index >= 15 is 0 Å². The van der Waals surface area contributed by atoms with E-state index in [1.54, 1.807) is 0 Å². The Morgan fingerprint density at radius 3 is 2.67 bits per heavy atom. The molecule has 2 fully saturated rings. The van der Waals surface area contributed by atoms with Gasteiger partial charge in [-0.15, -0.1) is 0 Å². The maximum absolute atomic E-state index is 12.4. The lowest BCUT2D eigenvalue weighted by atomic mass is 9.77. The summed E-state index contributed by atoms with van der Waals surface area (Å²) in [5.74, 6) is -0.0782. The van der Waals surface area contributed by atoms with Crippen LogP contribution in [0, 0.1) is 0 Å². The number of nitrogens with one attached hydrogen (secondary N) is 1. The standard InChI is InChI=1S/C17H32N2O2/c1-13(2)18-17(16(20)21-4)10-7-9-15(12-17)19-11-6-5-8-14(19)3/h13-15,18H,5-12H2,1-4H3. The summed E-state index contributed by atoms with van der Waals surface area (Å²) in [6.45, 7) is 7.74. The van der Waals surface area contributed by atoms with Crippen LogP contribution in [0.5, 0.6) is 0 Å². The third-order valence-electron chi connectivity index (χ3n) is 5.19. The predicted molar refractivity (Wildman–Crippen MR) is 85.3 cm³/mol. The average molecular weight is 296 g/mol. The number of carbonyl (C=O) groups is 1. The topological polar surface area (TPSA) is 41.6 Å². The van der Waals surface area contributed by atoms with Crippen molar-refractivity contribution in [1.29, 1.82) is 0 Å². The van der Waals surface area contributed by atoms with Crippen molar-refractivity contribution < 1.29 is 9.53 Å². The van der Waals surface area contributed by atoms with Gasteiger partial charge in [-0.05, 0) is 65.8 Å². The number of piperidine rings is 1. The highest BCUT2D eigenvalue weighted by atomic mass is 16.5. The highest BCUT2D eigenvalue weighted by Crippen LogP contribution is 2.35. The van der Waals surface area contributed by atoms with E-state index in [0.717, 1.165) is 19.3 Å². The number of nitrogens with zero attached hydrogens (tertiary/aromatic N) is 1. The molecule has 1 aliphatic carbocycles. The number of rotatable bonds is 4. The molecule has 4 nitrogen and oxygen atoms in total. The Morgan fingerprint density at radius 2 is 2.05 bits per heavy atom. The van der Waals surface area contributed by atoms with Crippen molar-refractivity contribution in [2.24, 2.45) is 0 Å². The van der Waals surface area contributed by atoms with Crippen LogP contribution in [0.2, 0.25) is 0 Å². The first-order valence-corrected chi connectivity index (χ1v) is 8.60. The Kier molecular flexibility index (Phi) is 5.67. The lowest BCUT2D eigenvalue weighted by molar-refractivity contribution is -0.152. The van der Waals surface area contributed by atoms with Crippen LogP contribution < -0.4 is 5.32 Å².